The Labute approximate surface area is 133 Å². The summed E-state index contributed by atoms with van der Waals surface area (Å²) in [5, 5.41) is 0. The molecule has 8 heteroatoms. The molecule has 0 saturated carbocycles. The smallest absolute Gasteiger partial charge is 0.325 e. The fourth-order valence-electron chi connectivity index (χ4n) is 2.56. The van der Waals surface area contributed by atoms with Crippen LogP contribution in [0.5, 0.6) is 0 Å². The summed E-state index contributed by atoms with van der Waals surface area (Å²) in [6.45, 7) is 2.43. The van der Waals surface area contributed by atoms with Crippen LogP contribution in [0.3, 0.4) is 0 Å². The number of halogens is 1. The second-order valence-corrected chi connectivity index (χ2v) is 6.08. The molecule has 1 amide bonds. The lowest BCUT2D eigenvalue weighted by atomic mass is 10.1. The van der Waals surface area contributed by atoms with Crippen LogP contribution in [0.25, 0.3) is 0 Å². The normalized spacial score (nSPS) is 13.8. The van der Waals surface area contributed by atoms with Gasteiger partial charge in [0.2, 0.25) is 0 Å². The fraction of sp³-hybridized carbons (Fsp3) is 0.286. The number of aromatic amines is 2. The van der Waals surface area contributed by atoms with E-state index in [4.69, 9.17) is 0 Å². The van der Waals surface area contributed by atoms with Crippen molar-refractivity contribution in [3.8, 4) is 0 Å². The zero-order chi connectivity index (χ0) is 15.9. The first kappa shape index (κ1) is 14.7. The standard InChI is InChI=1S/C14H13BrN4O3/c1-7-4-8(15)5-16-11(7)13(21)19-3-2-9-10(6-19)17-14(22)18-12(9)20/h4-5H,2-3,6H2,1H3,(H2,17,18,20,22). The van der Waals surface area contributed by atoms with Gasteiger partial charge in [0, 0.05) is 28.5 Å². The average molecular weight is 365 g/mol. The number of hydrogen-bond acceptors (Lipinski definition) is 4. The molecule has 3 rings (SSSR count). The summed E-state index contributed by atoms with van der Waals surface area (Å²) in [6, 6.07) is 1.82. The Hall–Kier alpha value is -2.22. The molecular formula is C14H13BrN4O3. The van der Waals surface area contributed by atoms with Crippen LogP contribution in [0.15, 0.2) is 26.3 Å². The van der Waals surface area contributed by atoms with Crippen molar-refractivity contribution in [1.82, 2.24) is 19.9 Å². The van der Waals surface area contributed by atoms with Gasteiger partial charge in [-0.2, -0.15) is 0 Å². The van der Waals surface area contributed by atoms with E-state index in [2.05, 4.69) is 30.9 Å². The second-order valence-electron chi connectivity index (χ2n) is 5.16. The van der Waals surface area contributed by atoms with Gasteiger partial charge in [-0.05, 0) is 40.9 Å². The third-order valence-electron chi connectivity index (χ3n) is 3.65. The number of nitrogens with one attached hydrogen (secondary N) is 2. The molecule has 0 aromatic carbocycles. The minimum atomic E-state index is -0.559. The first-order valence-electron chi connectivity index (χ1n) is 6.71. The maximum Gasteiger partial charge on any atom is 0.325 e. The van der Waals surface area contributed by atoms with Crippen molar-refractivity contribution < 1.29 is 4.79 Å². The largest absolute Gasteiger partial charge is 0.331 e. The van der Waals surface area contributed by atoms with Crippen molar-refractivity contribution in [1.29, 1.82) is 0 Å². The summed E-state index contributed by atoms with van der Waals surface area (Å²) < 4.78 is 0.807. The third-order valence-corrected chi connectivity index (χ3v) is 4.08. The minimum absolute atomic E-state index is 0.199. The predicted molar refractivity (Wildman–Crippen MR) is 82.8 cm³/mol. The molecule has 0 spiro atoms. The molecule has 0 fully saturated rings. The van der Waals surface area contributed by atoms with Crippen LogP contribution in [0.2, 0.25) is 0 Å². The zero-order valence-corrected chi connectivity index (χ0v) is 13.4. The Balaban J connectivity index is 1.93. The lowest BCUT2D eigenvalue weighted by Crippen LogP contribution is -2.41. The van der Waals surface area contributed by atoms with E-state index in [1.54, 1.807) is 11.1 Å². The molecule has 1 aliphatic rings. The van der Waals surface area contributed by atoms with E-state index in [-0.39, 0.29) is 18.0 Å². The summed E-state index contributed by atoms with van der Waals surface area (Å²) in [4.78, 5) is 46.2. The molecule has 2 N–H and O–H groups in total. The maximum atomic E-state index is 12.6. The first-order valence-corrected chi connectivity index (χ1v) is 7.51. The maximum absolute atomic E-state index is 12.6. The van der Waals surface area contributed by atoms with Gasteiger partial charge in [0.1, 0.15) is 5.69 Å². The van der Waals surface area contributed by atoms with Crippen LogP contribution in [-0.4, -0.2) is 32.3 Å². The van der Waals surface area contributed by atoms with E-state index in [9.17, 15) is 14.4 Å². The summed E-state index contributed by atoms with van der Waals surface area (Å²) in [5.41, 5.74) is 1.22. The van der Waals surface area contributed by atoms with Gasteiger partial charge < -0.3 is 9.88 Å². The van der Waals surface area contributed by atoms with Gasteiger partial charge in [-0.1, -0.05) is 0 Å². The number of carbonyl (C=O) groups excluding carboxylic acids is 1. The van der Waals surface area contributed by atoms with E-state index in [1.165, 1.54) is 0 Å². The third kappa shape index (κ3) is 2.61. The van der Waals surface area contributed by atoms with Crippen LogP contribution in [0.4, 0.5) is 0 Å². The van der Waals surface area contributed by atoms with Crippen molar-refractivity contribution in [2.45, 2.75) is 19.9 Å². The molecule has 114 valence electrons. The van der Waals surface area contributed by atoms with Gasteiger partial charge in [0.15, 0.2) is 0 Å². The SMILES string of the molecule is Cc1cc(Br)cnc1C(=O)N1CCc2c([nH]c(=O)[nH]c2=O)C1. The molecule has 22 heavy (non-hydrogen) atoms. The lowest BCUT2D eigenvalue weighted by Gasteiger charge is -2.27. The van der Waals surface area contributed by atoms with E-state index >= 15 is 0 Å². The number of H-pyrrole nitrogens is 2. The molecule has 2 aromatic rings. The van der Waals surface area contributed by atoms with Gasteiger partial charge in [-0.15, -0.1) is 0 Å². The van der Waals surface area contributed by atoms with Crippen molar-refractivity contribution in [2.75, 3.05) is 6.54 Å². The summed E-state index contributed by atoms with van der Waals surface area (Å²) >= 11 is 3.31. The molecule has 7 nitrogen and oxygen atoms in total. The van der Waals surface area contributed by atoms with Crippen molar-refractivity contribution in [3.05, 3.63) is 60.1 Å². The summed E-state index contributed by atoms with van der Waals surface area (Å²) in [7, 11) is 0. The van der Waals surface area contributed by atoms with Gasteiger partial charge in [0.25, 0.3) is 11.5 Å². The van der Waals surface area contributed by atoms with Crippen LogP contribution in [0, 0.1) is 6.92 Å². The fourth-order valence-corrected chi connectivity index (χ4v) is 3.01. The highest BCUT2D eigenvalue weighted by molar-refractivity contribution is 9.10. The van der Waals surface area contributed by atoms with Gasteiger partial charge in [-0.25, -0.2) is 9.78 Å². The lowest BCUT2D eigenvalue weighted by molar-refractivity contribution is 0.0724. The van der Waals surface area contributed by atoms with Crippen molar-refractivity contribution in [2.24, 2.45) is 0 Å². The topological polar surface area (TPSA) is 98.9 Å². The minimum Gasteiger partial charge on any atom is -0.331 e. The monoisotopic (exact) mass is 364 g/mol. The number of aryl methyl sites for hydroxylation is 1. The molecule has 0 atom stereocenters. The highest BCUT2D eigenvalue weighted by Crippen LogP contribution is 2.18. The zero-order valence-electron chi connectivity index (χ0n) is 11.8. The Kier molecular flexibility index (Phi) is 3.69. The summed E-state index contributed by atoms with van der Waals surface area (Å²) in [5.74, 6) is -0.211. The van der Waals surface area contributed by atoms with Crippen LogP contribution in [0.1, 0.15) is 27.3 Å². The number of carbonyl (C=O) groups is 1. The number of amides is 1. The molecule has 0 radical (unpaired) electrons. The number of rotatable bonds is 1. The van der Waals surface area contributed by atoms with Crippen LogP contribution in [-0.2, 0) is 13.0 Å². The van der Waals surface area contributed by atoms with Crippen LogP contribution < -0.4 is 11.2 Å². The molecule has 3 heterocycles. The molecule has 0 unspecified atom stereocenters. The highest BCUT2D eigenvalue weighted by Gasteiger charge is 2.25. The Morgan fingerprint density at radius 1 is 1.36 bits per heavy atom. The molecule has 0 saturated heterocycles. The molecule has 2 aromatic heterocycles. The van der Waals surface area contributed by atoms with Crippen molar-refractivity contribution >= 4 is 21.8 Å². The van der Waals surface area contributed by atoms with Crippen LogP contribution >= 0.6 is 15.9 Å². The first-order chi connectivity index (χ1) is 10.5. The second kappa shape index (κ2) is 5.53. The van der Waals surface area contributed by atoms with Gasteiger partial charge in [-0.3, -0.25) is 14.6 Å². The molecule has 0 aliphatic carbocycles. The molecular weight excluding hydrogens is 352 g/mol. The molecule has 0 bridgehead atoms. The Morgan fingerprint density at radius 3 is 2.86 bits per heavy atom. The quantitative estimate of drug-likeness (QED) is 0.778. The molecule has 1 aliphatic heterocycles. The van der Waals surface area contributed by atoms with Gasteiger partial charge in [0.05, 0.1) is 6.54 Å². The highest BCUT2D eigenvalue weighted by atomic mass is 79.9. The Morgan fingerprint density at radius 2 is 2.14 bits per heavy atom. The number of pyridine rings is 1. The van der Waals surface area contributed by atoms with E-state index in [1.807, 2.05) is 13.0 Å². The number of fused-ring (bicyclic) bond motifs is 1. The predicted octanol–water partition coefficient (Wildman–Crippen LogP) is 0.728. The van der Waals surface area contributed by atoms with E-state index in [0.29, 0.717) is 29.9 Å². The summed E-state index contributed by atoms with van der Waals surface area (Å²) in [6.07, 6.45) is 1.98. The number of nitrogens with zero attached hydrogens (tertiary/aromatic N) is 2. The average Bonchev–Trinajstić information content (AvgIpc) is 2.45. The number of hydrogen-bond donors (Lipinski definition) is 2. The van der Waals surface area contributed by atoms with E-state index in [0.717, 1.165) is 10.0 Å². The number of aromatic nitrogens is 3. The van der Waals surface area contributed by atoms with Gasteiger partial charge >= 0.3 is 5.69 Å². The van der Waals surface area contributed by atoms with Crippen molar-refractivity contribution in [3.63, 3.8) is 0 Å². The van der Waals surface area contributed by atoms with E-state index < -0.39 is 5.69 Å². The Bertz CT molecular complexity index is 871.